The van der Waals surface area contributed by atoms with Crippen molar-refractivity contribution in [3.05, 3.63) is 21.1 Å². The summed E-state index contributed by atoms with van der Waals surface area (Å²) >= 11 is 6.56. The number of hydrogen-bond acceptors (Lipinski definition) is 2. The molecule has 0 bridgehead atoms. The molecule has 4 heteroatoms. The molecule has 1 rings (SSSR count). The Morgan fingerprint density at radius 2 is 2.00 bits per heavy atom. The largest absolute Gasteiger partial charge is 0.230 e. The first-order valence-electron chi connectivity index (χ1n) is 3.29. The zero-order valence-corrected chi connectivity index (χ0v) is 9.48. The van der Waals surface area contributed by atoms with Gasteiger partial charge in [-0.1, -0.05) is 13.8 Å². The monoisotopic (exact) mass is 278 g/mol. The van der Waals surface area contributed by atoms with E-state index in [1.165, 1.54) is 0 Å². The molecular formula is C7H8Br2N2. The summed E-state index contributed by atoms with van der Waals surface area (Å²) in [5.41, 5.74) is 1.13. The molecule has 1 aromatic heterocycles. The summed E-state index contributed by atoms with van der Waals surface area (Å²) in [4.78, 5) is 8.15. The SMILES string of the molecule is CC(C)c1cnc(Br)nc1Br. The molecule has 1 heterocycles. The van der Waals surface area contributed by atoms with Crippen molar-refractivity contribution in [1.29, 1.82) is 0 Å². The Morgan fingerprint density at radius 3 is 2.45 bits per heavy atom. The Balaban J connectivity index is 3.09. The molecule has 0 aliphatic carbocycles. The second-order valence-electron chi connectivity index (χ2n) is 2.54. The predicted molar refractivity (Wildman–Crippen MR) is 51.5 cm³/mol. The number of aromatic nitrogens is 2. The molecule has 11 heavy (non-hydrogen) atoms. The fourth-order valence-electron chi connectivity index (χ4n) is 0.738. The number of rotatable bonds is 1. The lowest BCUT2D eigenvalue weighted by molar-refractivity contribution is 0.830. The van der Waals surface area contributed by atoms with E-state index in [2.05, 4.69) is 55.7 Å². The smallest absolute Gasteiger partial charge is 0.197 e. The van der Waals surface area contributed by atoms with Crippen LogP contribution in [0.1, 0.15) is 25.3 Å². The molecule has 2 nitrogen and oxygen atoms in total. The van der Waals surface area contributed by atoms with Gasteiger partial charge in [0, 0.05) is 11.8 Å². The maximum absolute atomic E-state index is 4.12. The molecule has 0 aliphatic rings. The van der Waals surface area contributed by atoms with Gasteiger partial charge < -0.3 is 0 Å². The summed E-state index contributed by atoms with van der Waals surface area (Å²) in [6.45, 7) is 4.22. The van der Waals surface area contributed by atoms with Gasteiger partial charge in [-0.3, -0.25) is 0 Å². The van der Waals surface area contributed by atoms with Crippen molar-refractivity contribution in [2.75, 3.05) is 0 Å². The van der Waals surface area contributed by atoms with Crippen molar-refractivity contribution < 1.29 is 0 Å². The maximum Gasteiger partial charge on any atom is 0.197 e. The van der Waals surface area contributed by atoms with Crippen LogP contribution in [0.5, 0.6) is 0 Å². The van der Waals surface area contributed by atoms with Crippen LogP contribution in [-0.4, -0.2) is 9.97 Å². The number of nitrogens with zero attached hydrogens (tertiary/aromatic N) is 2. The Kier molecular flexibility index (Phi) is 3.01. The number of halogens is 2. The molecular weight excluding hydrogens is 272 g/mol. The molecule has 0 radical (unpaired) electrons. The average molecular weight is 280 g/mol. The summed E-state index contributed by atoms with van der Waals surface area (Å²) in [5, 5.41) is 0. The van der Waals surface area contributed by atoms with Crippen molar-refractivity contribution in [2.45, 2.75) is 19.8 Å². The first kappa shape index (κ1) is 9.13. The molecule has 0 atom stereocenters. The standard InChI is InChI=1S/C7H8Br2N2/c1-4(2)5-3-10-7(9)11-6(5)8/h3-4H,1-2H3. The van der Waals surface area contributed by atoms with Gasteiger partial charge in [0.05, 0.1) is 0 Å². The van der Waals surface area contributed by atoms with E-state index in [-0.39, 0.29) is 0 Å². The lowest BCUT2D eigenvalue weighted by Gasteiger charge is -2.05. The number of hydrogen-bond donors (Lipinski definition) is 0. The summed E-state index contributed by atoms with van der Waals surface area (Å²) in [6.07, 6.45) is 1.83. The highest BCUT2D eigenvalue weighted by Crippen LogP contribution is 2.22. The van der Waals surface area contributed by atoms with Gasteiger partial charge in [-0.05, 0) is 37.8 Å². The molecule has 0 aromatic carbocycles. The Bertz CT molecular complexity index is 261. The van der Waals surface area contributed by atoms with Crippen LogP contribution in [0.4, 0.5) is 0 Å². The lowest BCUT2D eigenvalue weighted by atomic mass is 10.1. The molecule has 0 fully saturated rings. The van der Waals surface area contributed by atoms with Gasteiger partial charge in [-0.25, -0.2) is 9.97 Å². The third kappa shape index (κ3) is 2.24. The van der Waals surface area contributed by atoms with Crippen LogP contribution >= 0.6 is 31.9 Å². The van der Waals surface area contributed by atoms with Gasteiger partial charge >= 0.3 is 0 Å². The third-order valence-corrected chi connectivity index (χ3v) is 2.38. The minimum Gasteiger partial charge on any atom is -0.230 e. The fourth-order valence-corrected chi connectivity index (χ4v) is 1.98. The zero-order chi connectivity index (χ0) is 8.43. The highest BCUT2D eigenvalue weighted by Gasteiger charge is 2.05. The first-order chi connectivity index (χ1) is 5.11. The molecule has 0 spiro atoms. The molecule has 0 N–H and O–H groups in total. The van der Waals surface area contributed by atoms with Crippen LogP contribution in [0.3, 0.4) is 0 Å². The Labute approximate surface area is 82.7 Å². The van der Waals surface area contributed by atoms with E-state index in [9.17, 15) is 0 Å². The summed E-state index contributed by atoms with van der Waals surface area (Å²) in [6, 6.07) is 0. The van der Waals surface area contributed by atoms with Crippen molar-refractivity contribution >= 4 is 31.9 Å². The van der Waals surface area contributed by atoms with Crippen LogP contribution in [0.15, 0.2) is 15.5 Å². The highest BCUT2D eigenvalue weighted by atomic mass is 79.9. The van der Waals surface area contributed by atoms with E-state index in [4.69, 9.17) is 0 Å². The van der Waals surface area contributed by atoms with E-state index >= 15 is 0 Å². The van der Waals surface area contributed by atoms with Crippen molar-refractivity contribution in [3.63, 3.8) is 0 Å². The van der Waals surface area contributed by atoms with Gasteiger partial charge in [0.1, 0.15) is 4.60 Å². The van der Waals surface area contributed by atoms with Crippen molar-refractivity contribution in [1.82, 2.24) is 9.97 Å². The second kappa shape index (κ2) is 3.63. The van der Waals surface area contributed by atoms with Crippen LogP contribution in [0.2, 0.25) is 0 Å². The average Bonchev–Trinajstić information content (AvgIpc) is 1.85. The predicted octanol–water partition coefficient (Wildman–Crippen LogP) is 3.13. The Morgan fingerprint density at radius 1 is 1.36 bits per heavy atom. The second-order valence-corrected chi connectivity index (χ2v) is 4.00. The molecule has 0 saturated heterocycles. The van der Waals surface area contributed by atoms with Crippen LogP contribution in [0, 0.1) is 0 Å². The molecule has 0 aliphatic heterocycles. The minimum absolute atomic E-state index is 0.456. The molecule has 60 valence electrons. The summed E-state index contributed by atoms with van der Waals surface area (Å²) < 4.78 is 1.49. The van der Waals surface area contributed by atoms with Crippen LogP contribution < -0.4 is 0 Å². The fraction of sp³-hybridized carbons (Fsp3) is 0.429. The third-order valence-electron chi connectivity index (χ3n) is 1.36. The minimum atomic E-state index is 0.456. The van der Waals surface area contributed by atoms with Gasteiger partial charge in [0.15, 0.2) is 4.73 Å². The van der Waals surface area contributed by atoms with E-state index in [1.54, 1.807) is 0 Å². The molecule has 0 unspecified atom stereocenters. The van der Waals surface area contributed by atoms with Crippen LogP contribution in [0.25, 0.3) is 0 Å². The first-order valence-corrected chi connectivity index (χ1v) is 4.88. The molecule has 1 aromatic rings. The van der Waals surface area contributed by atoms with Gasteiger partial charge in [-0.2, -0.15) is 0 Å². The van der Waals surface area contributed by atoms with Gasteiger partial charge in [-0.15, -0.1) is 0 Å². The van der Waals surface area contributed by atoms with Gasteiger partial charge in [0.25, 0.3) is 0 Å². The maximum atomic E-state index is 4.12. The lowest BCUT2D eigenvalue weighted by Crippen LogP contribution is -1.94. The highest BCUT2D eigenvalue weighted by molar-refractivity contribution is 9.11. The molecule has 0 amide bonds. The van der Waals surface area contributed by atoms with E-state index < -0.39 is 0 Å². The Hall–Kier alpha value is 0.0400. The molecule has 0 saturated carbocycles. The normalized spacial score (nSPS) is 10.6. The zero-order valence-electron chi connectivity index (χ0n) is 6.31. The van der Waals surface area contributed by atoms with Gasteiger partial charge in [0.2, 0.25) is 0 Å². The van der Waals surface area contributed by atoms with E-state index in [0.29, 0.717) is 10.7 Å². The summed E-state index contributed by atoms with van der Waals surface area (Å²) in [5.74, 6) is 0.456. The topological polar surface area (TPSA) is 25.8 Å². The summed E-state index contributed by atoms with van der Waals surface area (Å²) in [7, 11) is 0. The quantitative estimate of drug-likeness (QED) is 0.583. The van der Waals surface area contributed by atoms with Crippen molar-refractivity contribution in [3.8, 4) is 0 Å². The van der Waals surface area contributed by atoms with Crippen molar-refractivity contribution in [2.24, 2.45) is 0 Å². The van der Waals surface area contributed by atoms with Crippen LogP contribution in [-0.2, 0) is 0 Å². The van der Waals surface area contributed by atoms with E-state index in [0.717, 1.165) is 10.2 Å². The van der Waals surface area contributed by atoms with E-state index in [1.807, 2.05) is 6.20 Å².